The van der Waals surface area contributed by atoms with E-state index in [-0.39, 0.29) is 0 Å². The first-order valence-corrected chi connectivity index (χ1v) is 7.38. The molecule has 0 amide bonds. The Balaban J connectivity index is 2.58. The van der Waals surface area contributed by atoms with Crippen LogP contribution in [0, 0.1) is 12.8 Å². The molecule has 0 radical (unpaired) electrons. The summed E-state index contributed by atoms with van der Waals surface area (Å²) < 4.78 is 6.50. The lowest BCUT2D eigenvalue weighted by atomic mass is 10.0. The summed E-state index contributed by atoms with van der Waals surface area (Å²) in [6.07, 6.45) is 1.98. The van der Waals surface area contributed by atoms with E-state index in [2.05, 4.69) is 13.8 Å². The third-order valence-electron chi connectivity index (χ3n) is 4.03. The lowest BCUT2D eigenvalue weighted by molar-refractivity contribution is 0.344. The molecule has 0 N–H and O–H groups in total. The number of rotatable bonds is 5. The molecule has 0 aliphatic rings. The summed E-state index contributed by atoms with van der Waals surface area (Å²) in [7, 11) is 0. The topological polar surface area (TPSA) is 52.2 Å². The van der Waals surface area contributed by atoms with E-state index in [0.29, 0.717) is 23.7 Å². The maximum Gasteiger partial charge on any atom is 0.422 e. The Kier molecular flexibility index (Phi) is 4.78. The summed E-state index contributed by atoms with van der Waals surface area (Å²) in [6.45, 7) is 6.60. The van der Waals surface area contributed by atoms with Gasteiger partial charge in [0, 0.05) is 12.2 Å². The lowest BCUT2D eigenvalue weighted by Crippen LogP contribution is -2.30. The highest BCUT2D eigenvalue weighted by molar-refractivity contribution is 5.64. The van der Waals surface area contributed by atoms with E-state index in [1.54, 1.807) is 4.57 Å². The normalized spacial score (nSPS) is 11.0. The third-order valence-corrected chi connectivity index (χ3v) is 4.03. The first-order valence-electron chi connectivity index (χ1n) is 7.38. The Hall–Kier alpha value is -2.10. The SMILES string of the molecule is CCC(CC)Cn1c(C)c(-c2ccccc2)c(=O)oc1=O. The highest BCUT2D eigenvalue weighted by Gasteiger charge is 2.16. The van der Waals surface area contributed by atoms with Crippen molar-refractivity contribution in [2.24, 2.45) is 5.92 Å². The molecule has 0 atom stereocenters. The molecule has 112 valence electrons. The molecule has 0 aliphatic carbocycles. The van der Waals surface area contributed by atoms with Crippen molar-refractivity contribution in [3.63, 3.8) is 0 Å². The minimum absolute atomic E-state index is 0.401. The van der Waals surface area contributed by atoms with Gasteiger partial charge in [0.15, 0.2) is 0 Å². The first-order chi connectivity index (χ1) is 10.1. The Bertz CT molecular complexity index is 709. The van der Waals surface area contributed by atoms with Crippen LogP contribution in [-0.2, 0) is 6.54 Å². The molecule has 2 aromatic rings. The van der Waals surface area contributed by atoms with Crippen molar-refractivity contribution in [2.75, 3.05) is 0 Å². The van der Waals surface area contributed by atoms with Gasteiger partial charge in [-0.25, -0.2) is 9.59 Å². The van der Waals surface area contributed by atoms with E-state index in [4.69, 9.17) is 4.42 Å². The quantitative estimate of drug-likeness (QED) is 0.848. The fraction of sp³-hybridized carbons (Fsp3) is 0.412. The van der Waals surface area contributed by atoms with Crippen LogP contribution >= 0.6 is 0 Å². The molecule has 1 heterocycles. The summed E-state index contributed by atoms with van der Waals surface area (Å²) in [5.41, 5.74) is 1.36. The molecule has 1 aromatic heterocycles. The van der Waals surface area contributed by atoms with E-state index >= 15 is 0 Å². The molecule has 0 unspecified atom stereocenters. The molecule has 0 spiro atoms. The summed E-state index contributed by atoms with van der Waals surface area (Å²) in [5, 5.41) is 0. The van der Waals surface area contributed by atoms with Crippen LogP contribution in [0.1, 0.15) is 32.4 Å². The first kappa shape index (κ1) is 15.3. The van der Waals surface area contributed by atoms with Gasteiger partial charge in [-0.1, -0.05) is 57.0 Å². The summed E-state index contributed by atoms with van der Waals surface area (Å²) >= 11 is 0. The van der Waals surface area contributed by atoms with Gasteiger partial charge in [-0.15, -0.1) is 0 Å². The van der Waals surface area contributed by atoms with E-state index in [9.17, 15) is 9.59 Å². The molecule has 4 nitrogen and oxygen atoms in total. The second-order valence-electron chi connectivity index (χ2n) is 5.27. The second kappa shape index (κ2) is 6.57. The van der Waals surface area contributed by atoms with E-state index in [0.717, 1.165) is 18.4 Å². The molecule has 0 saturated carbocycles. The van der Waals surface area contributed by atoms with E-state index in [1.165, 1.54) is 0 Å². The van der Waals surface area contributed by atoms with Crippen molar-refractivity contribution in [2.45, 2.75) is 40.2 Å². The molecule has 1 aromatic carbocycles. The van der Waals surface area contributed by atoms with Crippen LogP contribution in [0.4, 0.5) is 0 Å². The van der Waals surface area contributed by atoms with E-state index in [1.807, 2.05) is 37.3 Å². The van der Waals surface area contributed by atoms with Gasteiger partial charge >= 0.3 is 11.4 Å². The van der Waals surface area contributed by atoms with Gasteiger partial charge in [0.2, 0.25) is 0 Å². The molecule has 21 heavy (non-hydrogen) atoms. The zero-order valence-corrected chi connectivity index (χ0v) is 12.8. The molecule has 2 rings (SSSR count). The minimum atomic E-state index is -0.566. The summed E-state index contributed by atoms with van der Waals surface area (Å²) in [5.74, 6) is -0.165. The van der Waals surface area contributed by atoms with Crippen LogP contribution in [0.25, 0.3) is 11.1 Å². The number of benzene rings is 1. The van der Waals surface area contributed by atoms with Crippen molar-refractivity contribution in [1.82, 2.24) is 4.57 Å². The van der Waals surface area contributed by atoms with Crippen molar-refractivity contribution in [3.8, 4) is 11.1 Å². The molecule has 0 bridgehead atoms. The van der Waals surface area contributed by atoms with Gasteiger partial charge in [-0.05, 0) is 18.4 Å². The van der Waals surface area contributed by atoms with Crippen LogP contribution in [0.5, 0.6) is 0 Å². The predicted octanol–water partition coefficient (Wildman–Crippen LogP) is 3.21. The molecule has 0 aliphatic heterocycles. The standard InChI is InChI=1S/C17H21NO3/c1-4-13(5-2)11-18-12(3)15(16(19)21-17(18)20)14-9-7-6-8-10-14/h6-10,13H,4-5,11H2,1-3H3. The van der Waals surface area contributed by atoms with Crippen molar-refractivity contribution in [1.29, 1.82) is 0 Å². The Morgan fingerprint density at radius 3 is 2.29 bits per heavy atom. The van der Waals surface area contributed by atoms with Crippen LogP contribution < -0.4 is 11.4 Å². The lowest BCUT2D eigenvalue weighted by Gasteiger charge is -2.17. The zero-order valence-electron chi connectivity index (χ0n) is 12.8. The van der Waals surface area contributed by atoms with E-state index < -0.39 is 11.4 Å². The van der Waals surface area contributed by atoms with Gasteiger partial charge in [0.1, 0.15) is 0 Å². The van der Waals surface area contributed by atoms with Crippen LogP contribution in [0.15, 0.2) is 44.3 Å². The van der Waals surface area contributed by atoms with Crippen LogP contribution in [0.3, 0.4) is 0 Å². The average molecular weight is 287 g/mol. The minimum Gasteiger partial charge on any atom is -0.372 e. The van der Waals surface area contributed by atoms with Crippen molar-refractivity contribution < 1.29 is 4.42 Å². The van der Waals surface area contributed by atoms with Gasteiger partial charge in [-0.2, -0.15) is 0 Å². The second-order valence-corrected chi connectivity index (χ2v) is 5.27. The fourth-order valence-corrected chi connectivity index (χ4v) is 2.55. The molecular weight excluding hydrogens is 266 g/mol. The molecule has 4 heteroatoms. The molecule has 0 saturated heterocycles. The van der Waals surface area contributed by atoms with Crippen LogP contribution in [0.2, 0.25) is 0 Å². The largest absolute Gasteiger partial charge is 0.422 e. The molecule has 0 fully saturated rings. The monoisotopic (exact) mass is 287 g/mol. The average Bonchev–Trinajstić information content (AvgIpc) is 2.48. The van der Waals surface area contributed by atoms with Gasteiger partial charge in [0.25, 0.3) is 0 Å². The Morgan fingerprint density at radius 1 is 1.10 bits per heavy atom. The highest BCUT2D eigenvalue weighted by Crippen LogP contribution is 2.19. The maximum atomic E-state index is 12.1. The molecular formula is C17H21NO3. The van der Waals surface area contributed by atoms with Crippen molar-refractivity contribution in [3.05, 3.63) is 57.0 Å². The zero-order chi connectivity index (χ0) is 15.4. The maximum absolute atomic E-state index is 12.1. The summed E-state index contributed by atoms with van der Waals surface area (Å²) in [6, 6.07) is 9.33. The third kappa shape index (κ3) is 3.15. The Morgan fingerprint density at radius 2 is 1.71 bits per heavy atom. The van der Waals surface area contributed by atoms with Crippen molar-refractivity contribution >= 4 is 0 Å². The Labute approximate surface area is 124 Å². The van der Waals surface area contributed by atoms with Gasteiger partial charge in [0.05, 0.1) is 5.56 Å². The van der Waals surface area contributed by atoms with Gasteiger partial charge in [-0.3, -0.25) is 4.57 Å². The van der Waals surface area contributed by atoms with Gasteiger partial charge < -0.3 is 4.42 Å². The predicted molar refractivity (Wildman–Crippen MR) is 83.5 cm³/mol. The smallest absolute Gasteiger partial charge is 0.372 e. The van der Waals surface area contributed by atoms with Crippen LogP contribution in [-0.4, -0.2) is 4.57 Å². The number of hydrogen-bond acceptors (Lipinski definition) is 3. The summed E-state index contributed by atoms with van der Waals surface area (Å²) in [4.78, 5) is 24.1. The fourth-order valence-electron chi connectivity index (χ4n) is 2.55. The number of hydrogen-bond donors (Lipinski definition) is 0. The number of nitrogens with zero attached hydrogens (tertiary/aromatic N) is 1. The number of aromatic nitrogens is 1. The highest BCUT2D eigenvalue weighted by atomic mass is 16.4.